The number of para-hydroxylation sites is 1. The molecule has 0 unspecified atom stereocenters. The number of fused-ring (bicyclic) bond motifs is 1. The summed E-state index contributed by atoms with van der Waals surface area (Å²) in [6, 6.07) is 16.6. The van der Waals surface area contributed by atoms with E-state index in [2.05, 4.69) is 5.32 Å². The number of amides is 2. The summed E-state index contributed by atoms with van der Waals surface area (Å²) in [4.78, 5) is 38.5. The van der Waals surface area contributed by atoms with Gasteiger partial charge in [0.25, 0.3) is 11.5 Å². The number of nitrogens with zero attached hydrogens (tertiary/aromatic N) is 2. The first kappa shape index (κ1) is 18.9. The fourth-order valence-electron chi connectivity index (χ4n) is 3.73. The van der Waals surface area contributed by atoms with Gasteiger partial charge in [0.05, 0.1) is 11.1 Å². The lowest BCUT2D eigenvalue weighted by Crippen LogP contribution is -2.26. The van der Waals surface area contributed by atoms with Gasteiger partial charge in [-0.05, 0) is 23.6 Å². The molecule has 2 heterocycles. The van der Waals surface area contributed by atoms with Gasteiger partial charge in [-0.15, -0.1) is 0 Å². The van der Waals surface area contributed by atoms with E-state index in [1.54, 1.807) is 7.05 Å². The van der Waals surface area contributed by atoms with Crippen LogP contribution in [0.2, 0.25) is 0 Å². The summed E-state index contributed by atoms with van der Waals surface area (Å²) in [5.41, 5.74) is 2.93. The molecule has 6 heteroatoms. The molecule has 4 rings (SSSR count). The van der Waals surface area contributed by atoms with Crippen molar-refractivity contribution in [2.24, 2.45) is 7.05 Å². The number of carbonyl (C=O) groups is 2. The predicted molar refractivity (Wildman–Crippen MR) is 111 cm³/mol. The van der Waals surface area contributed by atoms with Crippen LogP contribution in [0.3, 0.4) is 0 Å². The molecule has 1 saturated heterocycles. The molecule has 1 aromatic heterocycles. The van der Waals surface area contributed by atoms with Gasteiger partial charge in [0.1, 0.15) is 0 Å². The molecule has 148 valence electrons. The van der Waals surface area contributed by atoms with E-state index in [9.17, 15) is 14.4 Å². The lowest BCUT2D eigenvalue weighted by molar-refractivity contribution is -0.128. The summed E-state index contributed by atoms with van der Waals surface area (Å²) in [5, 5.41) is 3.65. The van der Waals surface area contributed by atoms with Crippen LogP contribution in [0.5, 0.6) is 0 Å². The maximum absolute atomic E-state index is 12.7. The van der Waals surface area contributed by atoms with Crippen LogP contribution in [0.15, 0.2) is 59.4 Å². The first-order valence-corrected chi connectivity index (χ1v) is 9.75. The number of aromatic nitrogens is 1. The lowest BCUT2D eigenvalue weighted by atomic mass is 10.1. The molecule has 0 radical (unpaired) electrons. The highest BCUT2D eigenvalue weighted by atomic mass is 16.2. The molecular weight excluding hydrogens is 366 g/mol. The predicted octanol–water partition coefficient (Wildman–Crippen LogP) is 2.59. The number of pyridine rings is 1. The van der Waals surface area contributed by atoms with Crippen LogP contribution in [0.25, 0.3) is 10.9 Å². The minimum Gasteiger partial charge on any atom is -0.348 e. The minimum atomic E-state index is -0.273. The van der Waals surface area contributed by atoms with E-state index in [1.807, 2.05) is 53.4 Å². The topological polar surface area (TPSA) is 71.4 Å². The second kappa shape index (κ2) is 7.91. The van der Waals surface area contributed by atoms with Gasteiger partial charge in [-0.25, -0.2) is 0 Å². The summed E-state index contributed by atoms with van der Waals surface area (Å²) >= 11 is 0. The summed E-state index contributed by atoms with van der Waals surface area (Å²) in [6.07, 6.45) is 1.57. The van der Waals surface area contributed by atoms with Gasteiger partial charge in [0.15, 0.2) is 0 Å². The molecule has 2 aromatic carbocycles. The van der Waals surface area contributed by atoms with Gasteiger partial charge < -0.3 is 14.8 Å². The third-order valence-corrected chi connectivity index (χ3v) is 5.42. The molecule has 1 fully saturated rings. The monoisotopic (exact) mass is 389 g/mol. The van der Waals surface area contributed by atoms with Crippen molar-refractivity contribution in [2.75, 3.05) is 6.54 Å². The molecule has 1 aliphatic heterocycles. The Bertz CT molecular complexity index is 1130. The van der Waals surface area contributed by atoms with E-state index in [1.165, 1.54) is 10.6 Å². The summed E-state index contributed by atoms with van der Waals surface area (Å²) in [7, 11) is 1.70. The van der Waals surface area contributed by atoms with Crippen LogP contribution in [-0.4, -0.2) is 27.8 Å². The van der Waals surface area contributed by atoms with Crippen LogP contribution in [0.1, 0.15) is 34.3 Å². The number of nitrogens with one attached hydrogen (secondary N) is 1. The molecule has 29 heavy (non-hydrogen) atoms. The molecule has 2 amide bonds. The minimum absolute atomic E-state index is 0.211. The van der Waals surface area contributed by atoms with E-state index in [-0.39, 0.29) is 17.4 Å². The summed E-state index contributed by atoms with van der Waals surface area (Å²) in [5.74, 6) is -0.0618. The maximum atomic E-state index is 12.7. The number of likely N-dealkylation sites (tertiary alicyclic amines) is 1. The molecule has 0 saturated carbocycles. The third-order valence-electron chi connectivity index (χ3n) is 5.42. The highest BCUT2D eigenvalue weighted by Gasteiger charge is 2.19. The van der Waals surface area contributed by atoms with E-state index >= 15 is 0 Å². The van der Waals surface area contributed by atoms with E-state index in [4.69, 9.17) is 0 Å². The second-order valence-electron chi connectivity index (χ2n) is 7.39. The number of aryl methyl sites for hydroxylation is 1. The zero-order valence-corrected chi connectivity index (χ0v) is 16.4. The number of benzene rings is 2. The van der Waals surface area contributed by atoms with Crippen LogP contribution in [-0.2, 0) is 24.9 Å². The Morgan fingerprint density at radius 2 is 1.76 bits per heavy atom. The van der Waals surface area contributed by atoms with Gasteiger partial charge in [-0.2, -0.15) is 0 Å². The Balaban J connectivity index is 1.45. The van der Waals surface area contributed by atoms with E-state index in [0.29, 0.717) is 25.1 Å². The molecule has 0 spiro atoms. The Labute approximate surface area is 168 Å². The quantitative estimate of drug-likeness (QED) is 0.729. The standard InChI is InChI=1S/C23H23N3O3/c1-25-20-6-3-2-5-18(20)19(13-22(25)28)23(29)24-14-16-8-10-17(11-9-16)15-26-12-4-7-21(26)27/h2-3,5-6,8-11,13H,4,7,12,14-15H2,1H3,(H,24,29). The molecule has 3 aromatic rings. The fraction of sp³-hybridized carbons (Fsp3) is 0.261. The van der Waals surface area contributed by atoms with Crippen LogP contribution in [0.4, 0.5) is 0 Å². The number of hydrogen-bond donors (Lipinski definition) is 1. The van der Waals surface area contributed by atoms with Gasteiger partial charge in [-0.1, -0.05) is 42.5 Å². The highest BCUT2D eigenvalue weighted by Crippen LogP contribution is 2.17. The SMILES string of the molecule is Cn1c(=O)cc(C(=O)NCc2ccc(CN3CCCC3=O)cc2)c2ccccc21. The smallest absolute Gasteiger partial charge is 0.252 e. The molecule has 0 aliphatic carbocycles. The van der Waals surface area contributed by atoms with Crippen LogP contribution >= 0.6 is 0 Å². The zero-order valence-electron chi connectivity index (χ0n) is 16.4. The van der Waals surface area contributed by atoms with Crippen molar-refractivity contribution >= 4 is 22.7 Å². The molecular formula is C23H23N3O3. The van der Waals surface area contributed by atoms with Gasteiger partial charge >= 0.3 is 0 Å². The highest BCUT2D eigenvalue weighted by molar-refractivity contribution is 6.06. The maximum Gasteiger partial charge on any atom is 0.252 e. The Kier molecular flexibility index (Phi) is 5.16. The molecule has 1 aliphatic rings. The first-order valence-electron chi connectivity index (χ1n) is 9.75. The first-order chi connectivity index (χ1) is 14.0. The fourth-order valence-corrected chi connectivity index (χ4v) is 3.73. The van der Waals surface area contributed by atoms with Crippen LogP contribution in [0, 0.1) is 0 Å². The lowest BCUT2D eigenvalue weighted by Gasteiger charge is -2.15. The van der Waals surface area contributed by atoms with Gasteiger partial charge in [-0.3, -0.25) is 14.4 Å². The van der Waals surface area contributed by atoms with Crippen molar-refractivity contribution in [1.29, 1.82) is 0 Å². The van der Waals surface area contributed by atoms with Crippen molar-refractivity contribution in [3.05, 3.63) is 81.6 Å². The van der Waals surface area contributed by atoms with Crippen molar-refractivity contribution in [3.63, 3.8) is 0 Å². The summed E-state index contributed by atoms with van der Waals surface area (Å²) < 4.78 is 1.54. The molecule has 0 atom stereocenters. The average Bonchev–Trinajstić information content (AvgIpc) is 3.14. The number of hydrogen-bond acceptors (Lipinski definition) is 3. The van der Waals surface area contributed by atoms with Crippen molar-refractivity contribution in [1.82, 2.24) is 14.8 Å². The van der Waals surface area contributed by atoms with Crippen molar-refractivity contribution < 1.29 is 9.59 Å². The second-order valence-corrected chi connectivity index (χ2v) is 7.39. The number of rotatable bonds is 5. The Morgan fingerprint density at radius 3 is 2.48 bits per heavy atom. The van der Waals surface area contributed by atoms with Crippen LogP contribution < -0.4 is 10.9 Å². The largest absolute Gasteiger partial charge is 0.348 e. The average molecular weight is 389 g/mol. The van der Waals surface area contributed by atoms with Crippen molar-refractivity contribution in [2.45, 2.75) is 25.9 Å². The Morgan fingerprint density at radius 1 is 1.03 bits per heavy atom. The normalized spacial score (nSPS) is 13.8. The summed E-state index contributed by atoms with van der Waals surface area (Å²) in [6.45, 7) is 1.82. The van der Waals surface area contributed by atoms with Gasteiger partial charge in [0.2, 0.25) is 5.91 Å². The number of carbonyl (C=O) groups excluding carboxylic acids is 2. The van der Waals surface area contributed by atoms with E-state index < -0.39 is 0 Å². The molecule has 6 nitrogen and oxygen atoms in total. The molecule has 1 N–H and O–H groups in total. The third kappa shape index (κ3) is 3.92. The Hall–Kier alpha value is -3.41. The van der Waals surface area contributed by atoms with Gasteiger partial charge in [0, 0.05) is 44.6 Å². The van der Waals surface area contributed by atoms with E-state index in [0.717, 1.165) is 35.0 Å². The van der Waals surface area contributed by atoms with Crippen molar-refractivity contribution in [3.8, 4) is 0 Å². The zero-order chi connectivity index (χ0) is 20.4. The molecule has 0 bridgehead atoms.